The van der Waals surface area contributed by atoms with Crippen LogP contribution in [0.25, 0.3) is 0 Å². The van der Waals surface area contributed by atoms with E-state index in [-0.39, 0.29) is 5.91 Å². The minimum Gasteiger partial charge on any atom is -0.367 e. The molecule has 2 aromatic rings. The van der Waals surface area contributed by atoms with Gasteiger partial charge in [-0.3, -0.25) is 4.79 Å². The number of hydrogen-bond acceptors (Lipinski definition) is 3. The number of anilines is 1. The van der Waals surface area contributed by atoms with Gasteiger partial charge in [-0.2, -0.15) is 0 Å². The van der Waals surface area contributed by atoms with Crippen LogP contribution in [0, 0.1) is 0 Å². The molecule has 138 valence electrons. The summed E-state index contributed by atoms with van der Waals surface area (Å²) in [6.07, 6.45) is 2.77. The lowest BCUT2D eigenvalue weighted by Crippen LogP contribution is -2.40. The van der Waals surface area contributed by atoms with Crippen molar-refractivity contribution in [3.05, 3.63) is 60.2 Å². The Morgan fingerprint density at radius 3 is 2.58 bits per heavy atom. The van der Waals surface area contributed by atoms with Crippen LogP contribution in [0.15, 0.2) is 59.5 Å². The van der Waals surface area contributed by atoms with Crippen LogP contribution in [0.4, 0.5) is 5.69 Å². The van der Waals surface area contributed by atoms with Gasteiger partial charge >= 0.3 is 0 Å². The maximum Gasteiger partial charge on any atom is 0.224 e. The predicted molar refractivity (Wildman–Crippen MR) is 111 cm³/mol. The van der Waals surface area contributed by atoms with Crippen LogP contribution in [0.3, 0.4) is 0 Å². The standard InChI is InChI=1S/C22H28N2OS/c1-17(2)26-21-12-10-18(11-13-21)15-22(25)23-16-20-9-6-14-24(20)19-7-4-3-5-8-19/h3-5,7-8,10-13,17,20H,6,9,14-16H2,1-2H3,(H,23,25)/t20-/m0/s1. The molecule has 1 saturated heterocycles. The first-order chi connectivity index (χ1) is 12.6. The number of amides is 1. The van der Waals surface area contributed by atoms with Crippen LogP contribution < -0.4 is 10.2 Å². The molecule has 4 heteroatoms. The van der Waals surface area contributed by atoms with Crippen molar-refractivity contribution >= 4 is 23.4 Å². The number of carbonyl (C=O) groups excluding carboxylic acids is 1. The number of thioether (sulfide) groups is 1. The Kier molecular flexibility index (Phi) is 6.62. The van der Waals surface area contributed by atoms with Gasteiger partial charge in [0.25, 0.3) is 0 Å². The molecule has 3 rings (SSSR count). The van der Waals surface area contributed by atoms with E-state index in [1.54, 1.807) is 0 Å². The van der Waals surface area contributed by atoms with E-state index < -0.39 is 0 Å². The second-order valence-electron chi connectivity index (χ2n) is 7.12. The molecule has 0 spiro atoms. The topological polar surface area (TPSA) is 32.3 Å². The van der Waals surface area contributed by atoms with Crippen molar-refractivity contribution < 1.29 is 4.79 Å². The number of para-hydroxylation sites is 1. The number of nitrogens with zero attached hydrogens (tertiary/aromatic N) is 1. The lowest BCUT2D eigenvalue weighted by Gasteiger charge is -2.27. The zero-order valence-corrected chi connectivity index (χ0v) is 16.5. The molecule has 1 N–H and O–H groups in total. The zero-order valence-electron chi connectivity index (χ0n) is 15.7. The largest absolute Gasteiger partial charge is 0.367 e. The number of hydrogen-bond donors (Lipinski definition) is 1. The van der Waals surface area contributed by atoms with Crippen LogP contribution in [-0.2, 0) is 11.2 Å². The van der Waals surface area contributed by atoms with Crippen LogP contribution in [-0.4, -0.2) is 30.3 Å². The molecule has 0 aromatic heterocycles. The lowest BCUT2D eigenvalue weighted by atomic mass is 10.1. The molecule has 0 unspecified atom stereocenters. The van der Waals surface area contributed by atoms with Gasteiger partial charge in [0.1, 0.15) is 0 Å². The van der Waals surface area contributed by atoms with Gasteiger partial charge in [0, 0.05) is 35.0 Å². The van der Waals surface area contributed by atoms with Gasteiger partial charge < -0.3 is 10.2 Å². The Labute approximate surface area is 161 Å². The molecule has 0 saturated carbocycles. The lowest BCUT2D eigenvalue weighted by molar-refractivity contribution is -0.120. The first kappa shape index (κ1) is 18.8. The van der Waals surface area contributed by atoms with Gasteiger partial charge in [0.2, 0.25) is 5.91 Å². The molecule has 1 amide bonds. The van der Waals surface area contributed by atoms with Crippen LogP contribution in [0.1, 0.15) is 32.3 Å². The Morgan fingerprint density at radius 2 is 1.88 bits per heavy atom. The smallest absolute Gasteiger partial charge is 0.224 e. The van der Waals surface area contributed by atoms with E-state index in [9.17, 15) is 4.79 Å². The molecule has 1 atom stereocenters. The molecular formula is C22H28N2OS. The summed E-state index contributed by atoms with van der Waals surface area (Å²) in [7, 11) is 0. The van der Waals surface area contributed by atoms with Crippen molar-refractivity contribution in [2.45, 2.75) is 49.3 Å². The Morgan fingerprint density at radius 1 is 1.15 bits per heavy atom. The summed E-state index contributed by atoms with van der Waals surface area (Å²) in [6, 6.07) is 19.2. The highest BCUT2D eigenvalue weighted by molar-refractivity contribution is 7.99. The van der Waals surface area contributed by atoms with E-state index in [1.807, 2.05) is 17.8 Å². The maximum absolute atomic E-state index is 12.3. The van der Waals surface area contributed by atoms with Crippen molar-refractivity contribution in [3.63, 3.8) is 0 Å². The molecule has 1 fully saturated rings. The van der Waals surface area contributed by atoms with Crippen molar-refractivity contribution in [1.29, 1.82) is 0 Å². The van der Waals surface area contributed by atoms with E-state index in [1.165, 1.54) is 17.0 Å². The van der Waals surface area contributed by atoms with Crippen molar-refractivity contribution in [2.75, 3.05) is 18.0 Å². The van der Waals surface area contributed by atoms with Crippen LogP contribution >= 0.6 is 11.8 Å². The molecule has 0 radical (unpaired) electrons. The summed E-state index contributed by atoms with van der Waals surface area (Å²) in [6.45, 7) is 6.16. The van der Waals surface area contributed by atoms with Crippen LogP contribution in [0.5, 0.6) is 0 Å². The second-order valence-corrected chi connectivity index (χ2v) is 8.77. The Balaban J connectivity index is 1.49. The molecule has 0 aliphatic carbocycles. The molecule has 1 heterocycles. The van der Waals surface area contributed by atoms with Crippen molar-refractivity contribution in [1.82, 2.24) is 5.32 Å². The Hall–Kier alpha value is -1.94. The van der Waals surface area contributed by atoms with E-state index in [0.29, 0.717) is 17.7 Å². The summed E-state index contributed by atoms with van der Waals surface area (Å²) in [5.41, 5.74) is 2.32. The third-order valence-electron chi connectivity index (χ3n) is 4.66. The summed E-state index contributed by atoms with van der Waals surface area (Å²) >= 11 is 1.85. The fraction of sp³-hybridized carbons (Fsp3) is 0.409. The van der Waals surface area contributed by atoms with Gasteiger partial charge in [-0.1, -0.05) is 44.2 Å². The highest BCUT2D eigenvalue weighted by Crippen LogP contribution is 2.25. The third-order valence-corrected chi connectivity index (χ3v) is 5.68. The Bertz CT molecular complexity index is 700. The number of nitrogens with one attached hydrogen (secondary N) is 1. The highest BCUT2D eigenvalue weighted by atomic mass is 32.2. The first-order valence-electron chi connectivity index (χ1n) is 9.46. The van der Waals surface area contributed by atoms with E-state index in [2.05, 4.69) is 72.6 Å². The highest BCUT2D eigenvalue weighted by Gasteiger charge is 2.24. The van der Waals surface area contributed by atoms with E-state index >= 15 is 0 Å². The van der Waals surface area contributed by atoms with E-state index in [0.717, 1.165) is 25.1 Å². The van der Waals surface area contributed by atoms with E-state index in [4.69, 9.17) is 0 Å². The van der Waals surface area contributed by atoms with Gasteiger partial charge in [-0.25, -0.2) is 0 Å². The fourth-order valence-electron chi connectivity index (χ4n) is 3.44. The first-order valence-corrected chi connectivity index (χ1v) is 10.3. The molecule has 1 aliphatic heterocycles. The van der Waals surface area contributed by atoms with Gasteiger partial charge in [-0.05, 0) is 42.7 Å². The third kappa shape index (κ3) is 5.28. The number of rotatable bonds is 7. The SMILES string of the molecule is CC(C)Sc1ccc(CC(=O)NC[C@@H]2CCCN2c2ccccc2)cc1. The molecular weight excluding hydrogens is 340 g/mol. The molecule has 0 bridgehead atoms. The minimum absolute atomic E-state index is 0.106. The summed E-state index contributed by atoms with van der Waals surface area (Å²) in [4.78, 5) is 16.0. The average Bonchev–Trinajstić information content (AvgIpc) is 3.11. The summed E-state index contributed by atoms with van der Waals surface area (Å²) in [5.74, 6) is 0.106. The normalized spacial score (nSPS) is 16.9. The zero-order chi connectivity index (χ0) is 18.4. The average molecular weight is 369 g/mol. The predicted octanol–water partition coefficient (Wildman–Crippen LogP) is 4.51. The van der Waals surface area contributed by atoms with Gasteiger partial charge in [0.15, 0.2) is 0 Å². The molecule has 1 aliphatic rings. The van der Waals surface area contributed by atoms with Crippen molar-refractivity contribution in [3.8, 4) is 0 Å². The maximum atomic E-state index is 12.3. The molecule has 26 heavy (non-hydrogen) atoms. The fourth-order valence-corrected chi connectivity index (χ4v) is 4.28. The van der Waals surface area contributed by atoms with Crippen LogP contribution in [0.2, 0.25) is 0 Å². The number of benzene rings is 2. The number of carbonyl (C=O) groups is 1. The van der Waals surface area contributed by atoms with Crippen molar-refractivity contribution in [2.24, 2.45) is 0 Å². The monoisotopic (exact) mass is 368 g/mol. The summed E-state index contributed by atoms with van der Waals surface area (Å²) in [5, 5.41) is 3.71. The van der Waals surface area contributed by atoms with Gasteiger partial charge in [0.05, 0.1) is 6.42 Å². The molecule has 2 aromatic carbocycles. The second kappa shape index (κ2) is 9.13. The summed E-state index contributed by atoms with van der Waals surface area (Å²) < 4.78 is 0. The minimum atomic E-state index is 0.106. The van der Waals surface area contributed by atoms with Gasteiger partial charge in [-0.15, -0.1) is 11.8 Å². The molecule has 3 nitrogen and oxygen atoms in total. The quantitative estimate of drug-likeness (QED) is 0.730.